The predicted octanol–water partition coefficient (Wildman–Crippen LogP) is 3.02. The normalized spacial score (nSPS) is 19.9. The minimum Gasteiger partial charge on any atom is -0.381 e. The lowest BCUT2D eigenvalue weighted by Crippen LogP contribution is -2.22. The van der Waals surface area contributed by atoms with Gasteiger partial charge in [0.15, 0.2) is 0 Å². The highest BCUT2D eigenvalue weighted by Gasteiger charge is 2.23. The molecule has 3 nitrogen and oxygen atoms in total. The quantitative estimate of drug-likeness (QED) is 0.854. The Morgan fingerprint density at radius 2 is 2.41 bits per heavy atom. The summed E-state index contributed by atoms with van der Waals surface area (Å²) in [5.41, 5.74) is 1.24. The summed E-state index contributed by atoms with van der Waals surface area (Å²) >= 11 is 3.48. The summed E-state index contributed by atoms with van der Waals surface area (Å²) < 4.78 is 6.57. The number of ether oxygens (including phenoxy) is 1. The molecule has 17 heavy (non-hydrogen) atoms. The number of nitrogens with zero attached hydrogens (tertiary/aromatic N) is 2. The molecule has 94 valence electrons. The fourth-order valence-electron chi connectivity index (χ4n) is 2.16. The number of aryl methyl sites for hydroxylation is 1. The van der Waals surface area contributed by atoms with E-state index in [1.54, 1.807) is 0 Å². The van der Waals surface area contributed by atoms with Gasteiger partial charge in [-0.25, -0.2) is 4.98 Å². The molecule has 1 aliphatic heterocycles. The van der Waals surface area contributed by atoms with Gasteiger partial charge in [0.1, 0.15) is 5.82 Å². The first-order valence-corrected chi connectivity index (χ1v) is 6.95. The van der Waals surface area contributed by atoms with E-state index in [0.29, 0.717) is 5.92 Å². The number of pyridine rings is 1. The maximum Gasteiger partial charge on any atom is 0.128 e. The van der Waals surface area contributed by atoms with Crippen LogP contribution in [0, 0.1) is 12.8 Å². The minimum absolute atomic E-state index is 0.653. The molecule has 0 N–H and O–H groups in total. The molecule has 1 aromatic rings. The van der Waals surface area contributed by atoms with Gasteiger partial charge in [-0.15, -0.1) is 0 Å². The fraction of sp³-hybridized carbons (Fsp3) is 0.615. The lowest BCUT2D eigenvalue weighted by Gasteiger charge is -2.18. The molecule has 0 spiro atoms. The zero-order valence-electron chi connectivity index (χ0n) is 10.4. The molecule has 1 fully saturated rings. The SMILES string of the molecule is CCOC[C@H]1CCN(c2cc(C)c(Br)cn2)C1. The van der Waals surface area contributed by atoms with Crippen molar-refractivity contribution in [3.05, 3.63) is 22.3 Å². The Labute approximate surface area is 111 Å². The van der Waals surface area contributed by atoms with Crippen LogP contribution in [0.4, 0.5) is 5.82 Å². The maximum atomic E-state index is 5.49. The second kappa shape index (κ2) is 5.83. The number of anilines is 1. The molecular formula is C13H19BrN2O. The predicted molar refractivity (Wildman–Crippen MR) is 73.5 cm³/mol. The third kappa shape index (κ3) is 3.19. The van der Waals surface area contributed by atoms with Crippen LogP contribution in [0.25, 0.3) is 0 Å². The van der Waals surface area contributed by atoms with Crippen LogP contribution in [0.5, 0.6) is 0 Å². The monoisotopic (exact) mass is 298 g/mol. The standard InChI is InChI=1S/C13H19BrN2O/c1-3-17-9-11-4-5-16(8-11)13-6-10(2)12(14)7-15-13/h6-7,11H,3-5,8-9H2,1-2H3/t11-/m0/s1. The Bertz CT molecular complexity index is 384. The molecule has 0 unspecified atom stereocenters. The smallest absolute Gasteiger partial charge is 0.128 e. The van der Waals surface area contributed by atoms with Crippen molar-refractivity contribution in [1.29, 1.82) is 0 Å². The Morgan fingerprint density at radius 1 is 1.59 bits per heavy atom. The number of halogens is 1. The second-order valence-electron chi connectivity index (χ2n) is 4.55. The van der Waals surface area contributed by atoms with Crippen LogP contribution < -0.4 is 4.90 Å². The van der Waals surface area contributed by atoms with Crippen molar-refractivity contribution < 1.29 is 4.74 Å². The highest BCUT2D eigenvalue weighted by molar-refractivity contribution is 9.10. The van der Waals surface area contributed by atoms with E-state index in [1.165, 1.54) is 12.0 Å². The van der Waals surface area contributed by atoms with E-state index in [4.69, 9.17) is 4.74 Å². The van der Waals surface area contributed by atoms with Gasteiger partial charge in [0.05, 0.1) is 6.61 Å². The first-order valence-electron chi connectivity index (χ1n) is 6.15. The number of hydrogen-bond donors (Lipinski definition) is 0. The molecule has 1 saturated heterocycles. The molecule has 2 heterocycles. The van der Waals surface area contributed by atoms with Crippen molar-refractivity contribution in [2.75, 3.05) is 31.2 Å². The molecule has 0 aromatic carbocycles. The average Bonchev–Trinajstić information content (AvgIpc) is 2.79. The summed E-state index contributed by atoms with van der Waals surface area (Å²) in [6.07, 6.45) is 3.09. The molecule has 0 aliphatic carbocycles. The molecule has 0 bridgehead atoms. The molecule has 1 atom stereocenters. The van der Waals surface area contributed by atoms with Gasteiger partial charge < -0.3 is 9.64 Å². The summed E-state index contributed by atoms with van der Waals surface area (Å²) in [6, 6.07) is 2.15. The Morgan fingerprint density at radius 3 is 3.12 bits per heavy atom. The van der Waals surface area contributed by atoms with Crippen molar-refractivity contribution in [2.24, 2.45) is 5.92 Å². The van der Waals surface area contributed by atoms with Crippen LogP contribution in [-0.2, 0) is 4.74 Å². The molecule has 0 saturated carbocycles. The largest absolute Gasteiger partial charge is 0.381 e. The number of hydrogen-bond acceptors (Lipinski definition) is 3. The third-order valence-electron chi connectivity index (χ3n) is 3.20. The van der Waals surface area contributed by atoms with E-state index in [1.807, 2.05) is 13.1 Å². The van der Waals surface area contributed by atoms with Crippen molar-refractivity contribution in [3.63, 3.8) is 0 Å². The van der Waals surface area contributed by atoms with Gasteiger partial charge in [-0.3, -0.25) is 0 Å². The minimum atomic E-state index is 0.653. The summed E-state index contributed by atoms with van der Waals surface area (Å²) in [7, 11) is 0. The van der Waals surface area contributed by atoms with E-state index in [-0.39, 0.29) is 0 Å². The van der Waals surface area contributed by atoms with Crippen molar-refractivity contribution in [3.8, 4) is 0 Å². The summed E-state index contributed by atoms with van der Waals surface area (Å²) in [4.78, 5) is 6.82. The zero-order valence-corrected chi connectivity index (χ0v) is 12.0. The van der Waals surface area contributed by atoms with Gasteiger partial charge in [-0.05, 0) is 47.8 Å². The van der Waals surface area contributed by atoms with Crippen LogP contribution >= 0.6 is 15.9 Å². The Hall–Kier alpha value is -0.610. The van der Waals surface area contributed by atoms with Crippen LogP contribution in [0.1, 0.15) is 18.9 Å². The highest BCUT2D eigenvalue weighted by atomic mass is 79.9. The second-order valence-corrected chi connectivity index (χ2v) is 5.41. The lowest BCUT2D eigenvalue weighted by atomic mass is 10.1. The summed E-state index contributed by atoms with van der Waals surface area (Å²) in [5.74, 6) is 1.74. The van der Waals surface area contributed by atoms with Crippen molar-refractivity contribution in [1.82, 2.24) is 4.98 Å². The van der Waals surface area contributed by atoms with Gasteiger partial charge in [-0.2, -0.15) is 0 Å². The fourth-order valence-corrected chi connectivity index (χ4v) is 2.38. The maximum absolute atomic E-state index is 5.49. The lowest BCUT2D eigenvalue weighted by molar-refractivity contribution is 0.117. The topological polar surface area (TPSA) is 25.4 Å². The summed E-state index contributed by atoms with van der Waals surface area (Å²) in [5, 5.41) is 0. The van der Waals surface area contributed by atoms with Gasteiger partial charge in [-0.1, -0.05) is 0 Å². The molecule has 0 amide bonds. The van der Waals surface area contributed by atoms with E-state index in [9.17, 15) is 0 Å². The zero-order chi connectivity index (χ0) is 12.3. The number of rotatable bonds is 4. The van der Waals surface area contributed by atoms with Crippen LogP contribution in [0.2, 0.25) is 0 Å². The van der Waals surface area contributed by atoms with Gasteiger partial charge in [0, 0.05) is 36.3 Å². The van der Waals surface area contributed by atoms with Gasteiger partial charge >= 0.3 is 0 Å². The molecule has 2 rings (SSSR count). The Balaban J connectivity index is 1.97. The molecular weight excluding hydrogens is 280 g/mol. The Kier molecular flexibility index (Phi) is 4.40. The van der Waals surface area contributed by atoms with Crippen molar-refractivity contribution >= 4 is 21.7 Å². The van der Waals surface area contributed by atoms with Crippen LogP contribution in [-0.4, -0.2) is 31.3 Å². The summed E-state index contributed by atoms with van der Waals surface area (Å²) in [6.45, 7) is 7.99. The van der Waals surface area contributed by atoms with E-state index in [0.717, 1.165) is 36.6 Å². The van der Waals surface area contributed by atoms with Gasteiger partial charge in [0.25, 0.3) is 0 Å². The first-order chi connectivity index (χ1) is 8.20. The average molecular weight is 299 g/mol. The molecule has 4 heteroatoms. The van der Waals surface area contributed by atoms with E-state index < -0.39 is 0 Å². The molecule has 1 aliphatic rings. The molecule has 1 aromatic heterocycles. The van der Waals surface area contributed by atoms with Gasteiger partial charge in [0.2, 0.25) is 0 Å². The van der Waals surface area contributed by atoms with E-state index in [2.05, 4.69) is 38.8 Å². The van der Waals surface area contributed by atoms with Crippen LogP contribution in [0.15, 0.2) is 16.7 Å². The number of aromatic nitrogens is 1. The van der Waals surface area contributed by atoms with Crippen LogP contribution in [0.3, 0.4) is 0 Å². The first kappa shape index (κ1) is 12.8. The van der Waals surface area contributed by atoms with Crippen molar-refractivity contribution in [2.45, 2.75) is 20.3 Å². The third-order valence-corrected chi connectivity index (χ3v) is 4.03. The molecule has 0 radical (unpaired) electrons. The highest BCUT2D eigenvalue weighted by Crippen LogP contribution is 2.25. The van der Waals surface area contributed by atoms with E-state index >= 15 is 0 Å².